The van der Waals surface area contributed by atoms with Crippen molar-refractivity contribution >= 4 is 0 Å². The van der Waals surface area contributed by atoms with Crippen molar-refractivity contribution < 1.29 is 17.9 Å². The summed E-state index contributed by atoms with van der Waals surface area (Å²) < 4.78 is 43.5. The van der Waals surface area contributed by atoms with Crippen molar-refractivity contribution in [2.24, 2.45) is 0 Å². The summed E-state index contributed by atoms with van der Waals surface area (Å²) >= 11 is 0. The fourth-order valence-corrected chi connectivity index (χ4v) is 2.00. The van der Waals surface area contributed by atoms with Crippen molar-refractivity contribution in [2.75, 3.05) is 13.1 Å². The molecule has 0 saturated carbocycles. The van der Waals surface area contributed by atoms with E-state index in [9.17, 15) is 13.2 Å². The molecule has 0 amide bonds. The van der Waals surface area contributed by atoms with Crippen LogP contribution in [-0.4, -0.2) is 19.2 Å². The van der Waals surface area contributed by atoms with E-state index in [-0.39, 0.29) is 11.9 Å². The average molecular weight is 258 g/mol. The number of hydrogen-bond acceptors (Lipinski definition) is 2. The highest BCUT2D eigenvalue weighted by molar-refractivity contribution is 5.37. The van der Waals surface area contributed by atoms with Gasteiger partial charge in [0.25, 0.3) is 0 Å². The summed E-state index contributed by atoms with van der Waals surface area (Å²) in [5.74, 6) is 0.252. The van der Waals surface area contributed by atoms with Crippen LogP contribution in [-0.2, 0) is 6.18 Å². The van der Waals surface area contributed by atoms with Gasteiger partial charge < -0.3 is 10.1 Å². The lowest BCUT2D eigenvalue weighted by atomic mass is 10.1. The molecule has 2 nitrogen and oxygen atoms in total. The fraction of sp³-hybridized carbons (Fsp3) is 0.462. The van der Waals surface area contributed by atoms with E-state index < -0.39 is 11.7 Å². The molecular formula is C13H15F3NO. The number of benzene rings is 1. The zero-order valence-corrected chi connectivity index (χ0v) is 9.89. The zero-order chi connectivity index (χ0) is 13.2. The number of piperidine rings is 1. The lowest BCUT2D eigenvalue weighted by Gasteiger charge is -2.24. The maximum atomic E-state index is 12.6. The average Bonchev–Trinajstić information content (AvgIpc) is 2.28. The second-order valence-corrected chi connectivity index (χ2v) is 4.43. The molecule has 1 fully saturated rings. The van der Waals surface area contributed by atoms with Gasteiger partial charge in [0.1, 0.15) is 11.9 Å². The third-order valence-electron chi connectivity index (χ3n) is 2.88. The molecule has 0 spiro atoms. The van der Waals surface area contributed by atoms with Gasteiger partial charge in [-0.25, -0.2) is 0 Å². The Morgan fingerprint density at radius 1 is 1.17 bits per heavy atom. The number of hydrogen-bond donors (Lipinski definition) is 1. The first-order chi connectivity index (χ1) is 8.45. The number of halogens is 3. The van der Waals surface area contributed by atoms with Crippen LogP contribution in [0.25, 0.3) is 0 Å². The van der Waals surface area contributed by atoms with Crippen LogP contribution in [0.15, 0.2) is 18.2 Å². The summed E-state index contributed by atoms with van der Waals surface area (Å²) in [5, 5.41) is 3.18. The molecule has 1 aromatic carbocycles. The Labute approximate surface area is 104 Å². The summed E-state index contributed by atoms with van der Waals surface area (Å²) in [5.41, 5.74) is -0.396. The maximum Gasteiger partial charge on any atom is 0.416 e. The Balaban J connectivity index is 2.14. The predicted molar refractivity (Wildman–Crippen MR) is 62.4 cm³/mol. The highest BCUT2D eigenvalue weighted by atomic mass is 19.4. The molecule has 1 heterocycles. The smallest absolute Gasteiger partial charge is 0.416 e. The third-order valence-corrected chi connectivity index (χ3v) is 2.88. The molecule has 1 N–H and O–H groups in total. The van der Waals surface area contributed by atoms with E-state index in [1.807, 2.05) is 0 Å². The van der Waals surface area contributed by atoms with Crippen LogP contribution in [0.4, 0.5) is 13.2 Å². The van der Waals surface area contributed by atoms with Crippen LogP contribution in [0.3, 0.4) is 0 Å². The Hall–Kier alpha value is -1.23. The topological polar surface area (TPSA) is 21.3 Å². The van der Waals surface area contributed by atoms with E-state index in [1.54, 1.807) is 0 Å². The van der Waals surface area contributed by atoms with Crippen molar-refractivity contribution in [3.8, 4) is 5.75 Å². The van der Waals surface area contributed by atoms with E-state index in [1.165, 1.54) is 6.07 Å². The van der Waals surface area contributed by atoms with E-state index in [0.717, 1.165) is 38.1 Å². The fourth-order valence-electron chi connectivity index (χ4n) is 2.00. The first-order valence-corrected chi connectivity index (χ1v) is 5.87. The summed E-state index contributed by atoms with van der Waals surface area (Å²) in [4.78, 5) is 0. The first kappa shape index (κ1) is 13.2. The number of alkyl halides is 3. The molecule has 1 saturated heterocycles. The summed E-state index contributed by atoms with van der Waals surface area (Å²) in [6.45, 7) is 5.22. The van der Waals surface area contributed by atoms with Gasteiger partial charge in [-0.1, -0.05) is 0 Å². The van der Waals surface area contributed by atoms with Gasteiger partial charge in [0.05, 0.1) is 5.56 Å². The second kappa shape index (κ2) is 5.18. The number of ether oxygens (including phenoxy) is 1. The third kappa shape index (κ3) is 3.38. The molecule has 1 aromatic rings. The minimum atomic E-state index is -4.36. The Morgan fingerprint density at radius 3 is 2.44 bits per heavy atom. The van der Waals surface area contributed by atoms with Gasteiger partial charge >= 0.3 is 6.18 Å². The van der Waals surface area contributed by atoms with Crippen LogP contribution in [0.2, 0.25) is 0 Å². The lowest BCUT2D eigenvalue weighted by Crippen LogP contribution is -2.34. The van der Waals surface area contributed by atoms with Crippen molar-refractivity contribution in [1.82, 2.24) is 5.32 Å². The monoisotopic (exact) mass is 258 g/mol. The molecule has 18 heavy (non-hydrogen) atoms. The van der Waals surface area contributed by atoms with Gasteiger partial charge in [0, 0.05) is 0 Å². The van der Waals surface area contributed by atoms with E-state index in [0.29, 0.717) is 5.56 Å². The minimum Gasteiger partial charge on any atom is -0.490 e. The van der Waals surface area contributed by atoms with Gasteiger partial charge in [-0.15, -0.1) is 0 Å². The van der Waals surface area contributed by atoms with E-state index in [2.05, 4.69) is 12.2 Å². The molecule has 1 aliphatic rings. The van der Waals surface area contributed by atoms with Crippen LogP contribution in [0, 0.1) is 6.92 Å². The molecule has 2 rings (SSSR count). The van der Waals surface area contributed by atoms with Gasteiger partial charge in [-0.05, 0) is 56.6 Å². The highest BCUT2D eigenvalue weighted by Gasteiger charge is 2.31. The van der Waals surface area contributed by atoms with Gasteiger partial charge in [0.15, 0.2) is 0 Å². The standard InChI is InChI=1S/C13H15F3NO/c1-9-6-10(13(14,15)16)8-12(7-9)18-11-2-4-17-5-3-11/h6-8,11,17H,1-5H2. The SMILES string of the molecule is [CH2]c1cc(OC2CCNCC2)cc(C(F)(F)F)c1. The molecule has 1 radical (unpaired) electrons. The Morgan fingerprint density at radius 2 is 1.83 bits per heavy atom. The lowest BCUT2D eigenvalue weighted by molar-refractivity contribution is -0.137. The van der Waals surface area contributed by atoms with Crippen LogP contribution in [0.1, 0.15) is 24.0 Å². The maximum absolute atomic E-state index is 12.6. The van der Waals surface area contributed by atoms with Crippen molar-refractivity contribution in [1.29, 1.82) is 0 Å². The molecule has 0 aromatic heterocycles. The number of rotatable bonds is 2. The molecule has 99 valence electrons. The van der Waals surface area contributed by atoms with Crippen LogP contribution in [0.5, 0.6) is 5.75 Å². The highest BCUT2D eigenvalue weighted by Crippen LogP contribution is 2.33. The van der Waals surface area contributed by atoms with Crippen molar-refractivity contribution in [2.45, 2.75) is 25.1 Å². The predicted octanol–water partition coefficient (Wildman–Crippen LogP) is 3.02. The Kier molecular flexibility index (Phi) is 3.80. The van der Waals surface area contributed by atoms with Gasteiger partial charge in [-0.2, -0.15) is 13.2 Å². The Bertz CT molecular complexity index is 411. The molecule has 0 bridgehead atoms. The molecule has 5 heteroatoms. The van der Waals surface area contributed by atoms with Crippen LogP contribution >= 0.6 is 0 Å². The van der Waals surface area contributed by atoms with Crippen LogP contribution < -0.4 is 10.1 Å². The van der Waals surface area contributed by atoms with Gasteiger partial charge in [-0.3, -0.25) is 0 Å². The van der Waals surface area contributed by atoms with E-state index >= 15 is 0 Å². The van der Waals surface area contributed by atoms with Crippen molar-refractivity contribution in [3.05, 3.63) is 36.2 Å². The molecule has 0 unspecified atom stereocenters. The zero-order valence-electron chi connectivity index (χ0n) is 9.89. The first-order valence-electron chi connectivity index (χ1n) is 5.87. The molecular weight excluding hydrogens is 243 g/mol. The molecule has 0 atom stereocenters. The summed E-state index contributed by atoms with van der Waals surface area (Å²) in [7, 11) is 0. The quantitative estimate of drug-likeness (QED) is 0.880. The molecule has 0 aliphatic carbocycles. The minimum absolute atomic E-state index is 0.0193. The van der Waals surface area contributed by atoms with Gasteiger partial charge in [0.2, 0.25) is 0 Å². The summed E-state index contributed by atoms with van der Waals surface area (Å²) in [6, 6.07) is 3.60. The largest absolute Gasteiger partial charge is 0.490 e. The summed E-state index contributed by atoms with van der Waals surface area (Å²) in [6.07, 6.45) is -2.76. The van der Waals surface area contributed by atoms with E-state index in [4.69, 9.17) is 4.74 Å². The number of nitrogens with one attached hydrogen (secondary N) is 1. The van der Waals surface area contributed by atoms with Crippen molar-refractivity contribution in [3.63, 3.8) is 0 Å². The molecule has 1 aliphatic heterocycles. The second-order valence-electron chi connectivity index (χ2n) is 4.43. The normalized spacial score (nSPS) is 17.8.